The molecule has 0 aliphatic heterocycles. The number of carboxylic acid groups (broad SMARTS) is 1. The molecule has 0 fully saturated rings. The highest BCUT2D eigenvalue weighted by Gasteiger charge is 2.15. The van der Waals surface area contributed by atoms with Crippen LogP contribution in [-0.2, 0) is 6.42 Å². The van der Waals surface area contributed by atoms with Gasteiger partial charge in [0.1, 0.15) is 0 Å². The number of hydrogen-bond donors (Lipinski definition) is 1. The van der Waals surface area contributed by atoms with Gasteiger partial charge in [0.2, 0.25) is 5.82 Å². The molecule has 0 radical (unpaired) electrons. The van der Waals surface area contributed by atoms with Crippen LogP contribution in [0.15, 0.2) is 23.6 Å². The molecular weight excluding hydrogens is 275 g/mol. The summed E-state index contributed by atoms with van der Waals surface area (Å²) in [4.78, 5) is 24.3. The normalized spacial score (nSPS) is 10.4. The molecule has 6 nitrogen and oxygen atoms in total. The average molecular weight is 282 g/mol. The SMILES string of the molecule is O=C(O)c1csc(Cc2ccc(F)c([N+](=O)[O-])c2)n1. The number of carbonyl (C=O) groups is 1. The van der Waals surface area contributed by atoms with Crippen molar-refractivity contribution in [3.05, 3.63) is 55.8 Å². The maximum absolute atomic E-state index is 13.1. The lowest BCUT2D eigenvalue weighted by Crippen LogP contribution is -1.98. The molecule has 1 heterocycles. The van der Waals surface area contributed by atoms with Gasteiger partial charge in [-0.3, -0.25) is 10.1 Å². The highest BCUT2D eigenvalue weighted by molar-refractivity contribution is 7.09. The van der Waals surface area contributed by atoms with E-state index in [1.54, 1.807) is 0 Å². The Morgan fingerprint density at radius 2 is 2.26 bits per heavy atom. The van der Waals surface area contributed by atoms with Gasteiger partial charge >= 0.3 is 11.7 Å². The molecule has 0 atom stereocenters. The summed E-state index contributed by atoms with van der Waals surface area (Å²) in [7, 11) is 0. The third kappa shape index (κ3) is 2.91. The molecule has 98 valence electrons. The Labute approximate surface area is 110 Å². The topological polar surface area (TPSA) is 93.3 Å². The van der Waals surface area contributed by atoms with E-state index in [1.165, 1.54) is 11.4 Å². The number of benzene rings is 1. The highest BCUT2D eigenvalue weighted by Crippen LogP contribution is 2.21. The number of rotatable bonds is 4. The number of thiazole rings is 1. The zero-order valence-electron chi connectivity index (χ0n) is 9.37. The number of nitrogens with zero attached hydrogens (tertiary/aromatic N) is 2. The summed E-state index contributed by atoms with van der Waals surface area (Å²) in [6.07, 6.45) is 0.221. The Morgan fingerprint density at radius 1 is 1.53 bits per heavy atom. The zero-order valence-corrected chi connectivity index (χ0v) is 10.2. The highest BCUT2D eigenvalue weighted by atomic mass is 32.1. The van der Waals surface area contributed by atoms with Crippen molar-refractivity contribution in [2.24, 2.45) is 0 Å². The van der Waals surface area contributed by atoms with E-state index in [0.29, 0.717) is 10.6 Å². The minimum absolute atomic E-state index is 0.0726. The van der Waals surface area contributed by atoms with Crippen LogP contribution in [0.4, 0.5) is 10.1 Å². The predicted molar refractivity (Wildman–Crippen MR) is 64.9 cm³/mol. The monoisotopic (exact) mass is 282 g/mol. The first-order valence-electron chi connectivity index (χ1n) is 5.08. The second-order valence-corrected chi connectivity index (χ2v) is 4.59. The first-order chi connectivity index (χ1) is 8.97. The molecule has 8 heteroatoms. The van der Waals surface area contributed by atoms with Crippen LogP contribution < -0.4 is 0 Å². The molecule has 0 aliphatic carbocycles. The van der Waals surface area contributed by atoms with E-state index in [0.717, 1.165) is 23.5 Å². The van der Waals surface area contributed by atoms with Crippen molar-refractivity contribution in [1.82, 2.24) is 4.98 Å². The van der Waals surface area contributed by atoms with Crippen LogP contribution in [0.2, 0.25) is 0 Å². The standard InChI is InChI=1S/C11H7FN2O4S/c12-7-2-1-6(3-9(7)14(17)18)4-10-13-8(5-19-10)11(15)16/h1-3,5H,4H2,(H,15,16). The summed E-state index contributed by atoms with van der Waals surface area (Å²) in [5.74, 6) is -2.04. The Balaban J connectivity index is 2.25. The second kappa shape index (κ2) is 5.11. The quantitative estimate of drug-likeness (QED) is 0.686. The lowest BCUT2D eigenvalue weighted by molar-refractivity contribution is -0.387. The summed E-state index contributed by atoms with van der Waals surface area (Å²) in [6.45, 7) is 0. The third-order valence-corrected chi connectivity index (χ3v) is 3.18. The van der Waals surface area contributed by atoms with E-state index in [4.69, 9.17) is 5.11 Å². The predicted octanol–water partition coefficient (Wildman–Crippen LogP) is 2.48. The Kier molecular flexibility index (Phi) is 3.52. The van der Waals surface area contributed by atoms with Crippen LogP contribution in [-0.4, -0.2) is 21.0 Å². The number of hydrogen-bond acceptors (Lipinski definition) is 5. The second-order valence-electron chi connectivity index (χ2n) is 3.65. The number of nitro benzene ring substituents is 1. The van der Waals surface area contributed by atoms with Crippen LogP contribution in [0.25, 0.3) is 0 Å². The van der Waals surface area contributed by atoms with Gasteiger partial charge in [-0.1, -0.05) is 6.07 Å². The fraction of sp³-hybridized carbons (Fsp3) is 0.0909. The van der Waals surface area contributed by atoms with E-state index in [9.17, 15) is 19.3 Å². The molecule has 1 N–H and O–H groups in total. The van der Waals surface area contributed by atoms with Gasteiger partial charge in [0, 0.05) is 17.9 Å². The first kappa shape index (κ1) is 13.1. The van der Waals surface area contributed by atoms with E-state index < -0.39 is 22.4 Å². The van der Waals surface area contributed by atoms with E-state index >= 15 is 0 Å². The minimum Gasteiger partial charge on any atom is -0.476 e. The fourth-order valence-corrected chi connectivity index (χ4v) is 2.28. The van der Waals surface area contributed by atoms with Gasteiger partial charge in [0.05, 0.1) is 9.93 Å². The molecule has 0 saturated carbocycles. The van der Waals surface area contributed by atoms with Crippen molar-refractivity contribution in [3.63, 3.8) is 0 Å². The molecular formula is C11H7FN2O4S. The molecule has 19 heavy (non-hydrogen) atoms. The molecule has 0 aliphatic rings. The Hall–Kier alpha value is -2.35. The molecule has 0 unspecified atom stereocenters. The fourth-order valence-electron chi connectivity index (χ4n) is 1.47. The van der Waals surface area contributed by atoms with Crippen molar-refractivity contribution < 1.29 is 19.2 Å². The number of aromatic nitrogens is 1. The largest absolute Gasteiger partial charge is 0.476 e. The summed E-state index contributed by atoms with van der Waals surface area (Å²) in [5, 5.41) is 21.2. The van der Waals surface area contributed by atoms with E-state index in [1.807, 2.05) is 0 Å². The number of nitro groups is 1. The Morgan fingerprint density at radius 3 is 2.84 bits per heavy atom. The molecule has 2 aromatic rings. The average Bonchev–Trinajstić information content (AvgIpc) is 2.80. The lowest BCUT2D eigenvalue weighted by atomic mass is 10.1. The van der Waals surface area contributed by atoms with Gasteiger partial charge in [-0.15, -0.1) is 11.3 Å². The molecule has 0 saturated heterocycles. The van der Waals surface area contributed by atoms with E-state index in [2.05, 4.69) is 4.98 Å². The molecule has 1 aromatic carbocycles. The third-order valence-electron chi connectivity index (χ3n) is 2.33. The molecule has 0 spiro atoms. The number of aromatic carboxylic acids is 1. The summed E-state index contributed by atoms with van der Waals surface area (Å²) < 4.78 is 13.1. The molecule has 1 aromatic heterocycles. The van der Waals surface area contributed by atoms with Crippen LogP contribution in [0, 0.1) is 15.9 Å². The summed E-state index contributed by atoms with van der Waals surface area (Å²) >= 11 is 1.14. The van der Waals surface area contributed by atoms with Gasteiger partial charge in [-0.25, -0.2) is 9.78 Å². The zero-order chi connectivity index (χ0) is 14.0. The number of carboxylic acids is 1. The minimum atomic E-state index is -1.13. The Bertz CT molecular complexity index is 656. The summed E-state index contributed by atoms with van der Waals surface area (Å²) in [5.41, 5.74) is -0.177. The van der Waals surface area contributed by atoms with Crippen LogP contribution in [0.1, 0.15) is 21.1 Å². The maximum Gasteiger partial charge on any atom is 0.355 e. The summed E-state index contributed by atoms with van der Waals surface area (Å²) in [6, 6.07) is 3.54. The molecule has 0 bridgehead atoms. The van der Waals surface area contributed by atoms with Crippen molar-refractivity contribution in [1.29, 1.82) is 0 Å². The van der Waals surface area contributed by atoms with Gasteiger partial charge < -0.3 is 5.11 Å². The van der Waals surface area contributed by atoms with Crippen LogP contribution in [0.3, 0.4) is 0 Å². The van der Waals surface area contributed by atoms with Crippen molar-refractivity contribution in [2.45, 2.75) is 6.42 Å². The first-order valence-corrected chi connectivity index (χ1v) is 5.96. The van der Waals surface area contributed by atoms with Gasteiger partial charge in [0.15, 0.2) is 5.69 Å². The maximum atomic E-state index is 13.1. The smallest absolute Gasteiger partial charge is 0.355 e. The lowest BCUT2D eigenvalue weighted by Gasteiger charge is -1.99. The molecule has 2 rings (SSSR count). The van der Waals surface area contributed by atoms with Gasteiger partial charge in [-0.2, -0.15) is 4.39 Å². The van der Waals surface area contributed by atoms with Crippen molar-refractivity contribution >= 4 is 23.0 Å². The van der Waals surface area contributed by atoms with Gasteiger partial charge in [0.25, 0.3) is 0 Å². The van der Waals surface area contributed by atoms with Gasteiger partial charge in [-0.05, 0) is 11.6 Å². The molecule has 0 amide bonds. The van der Waals surface area contributed by atoms with Crippen molar-refractivity contribution in [3.8, 4) is 0 Å². The number of halogens is 1. The van der Waals surface area contributed by atoms with E-state index in [-0.39, 0.29) is 12.1 Å². The van der Waals surface area contributed by atoms with Crippen molar-refractivity contribution in [2.75, 3.05) is 0 Å². The van der Waals surface area contributed by atoms with Crippen LogP contribution in [0.5, 0.6) is 0 Å². The van der Waals surface area contributed by atoms with Crippen LogP contribution >= 0.6 is 11.3 Å².